The molecule has 40 heavy (non-hydrogen) atoms. The van der Waals surface area contributed by atoms with Crippen molar-refractivity contribution < 1.29 is 27.5 Å². The number of halogens is 2. The molecule has 0 heterocycles. The lowest BCUT2D eigenvalue weighted by atomic mass is 9.95. The van der Waals surface area contributed by atoms with Crippen LogP contribution in [0.3, 0.4) is 0 Å². The summed E-state index contributed by atoms with van der Waals surface area (Å²) in [6.07, 6.45) is 6.31. The Balaban J connectivity index is 2.00. The number of hydrogen-bond donors (Lipinski definition) is 1. The summed E-state index contributed by atoms with van der Waals surface area (Å²) < 4.78 is 37.6. The molecular formula is C28H37Cl2N3O6S. The molecule has 1 unspecified atom stereocenters. The van der Waals surface area contributed by atoms with E-state index in [9.17, 15) is 18.0 Å². The normalized spacial score (nSPS) is 14.8. The summed E-state index contributed by atoms with van der Waals surface area (Å²) in [6.45, 7) is 1.23. The fourth-order valence-electron chi connectivity index (χ4n) is 4.88. The van der Waals surface area contributed by atoms with Gasteiger partial charge in [-0.1, -0.05) is 55.5 Å². The Labute approximate surface area is 246 Å². The lowest BCUT2D eigenvalue weighted by Gasteiger charge is -2.34. The van der Waals surface area contributed by atoms with Crippen LogP contribution < -0.4 is 19.1 Å². The highest BCUT2D eigenvalue weighted by Crippen LogP contribution is 2.34. The molecule has 1 N–H and O–H groups in total. The largest absolute Gasteiger partial charge is 0.497 e. The number of nitrogens with one attached hydrogen (secondary N) is 1. The third-order valence-electron chi connectivity index (χ3n) is 7.03. The van der Waals surface area contributed by atoms with E-state index in [1.54, 1.807) is 30.3 Å². The second-order valence-corrected chi connectivity index (χ2v) is 12.6. The van der Waals surface area contributed by atoms with Crippen LogP contribution in [-0.4, -0.2) is 64.2 Å². The summed E-state index contributed by atoms with van der Waals surface area (Å²) >= 11 is 12.5. The number of carbonyl (C=O) groups is 2. The third kappa shape index (κ3) is 8.17. The topological polar surface area (TPSA) is 105 Å². The average Bonchev–Trinajstić information content (AvgIpc) is 2.92. The number of benzene rings is 2. The van der Waals surface area contributed by atoms with Crippen molar-refractivity contribution in [2.45, 2.75) is 64.1 Å². The molecular weight excluding hydrogens is 577 g/mol. The summed E-state index contributed by atoms with van der Waals surface area (Å²) in [7, 11) is -1.10. The predicted octanol–water partition coefficient (Wildman–Crippen LogP) is 5.03. The average molecular weight is 615 g/mol. The highest BCUT2D eigenvalue weighted by molar-refractivity contribution is 7.92. The van der Waals surface area contributed by atoms with Gasteiger partial charge >= 0.3 is 0 Å². The summed E-state index contributed by atoms with van der Waals surface area (Å²) in [6, 6.07) is 8.77. The molecule has 3 rings (SSSR count). The van der Waals surface area contributed by atoms with Crippen LogP contribution in [0.4, 0.5) is 5.69 Å². The van der Waals surface area contributed by atoms with Gasteiger partial charge in [-0.3, -0.25) is 13.9 Å². The smallest absolute Gasteiger partial charge is 0.244 e. The predicted molar refractivity (Wildman–Crippen MR) is 158 cm³/mol. The molecule has 220 valence electrons. The molecule has 1 saturated carbocycles. The summed E-state index contributed by atoms with van der Waals surface area (Å²) in [4.78, 5) is 28.9. The van der Waals surface area contributed by atoms with Gasteiger partial charge < -0.3 is 19.7 Å². The standard InChI is InChI=1S/C28H37Cl2N3O6S/c1-5-24(28(35)31-21-9-7-6-8-10-21)32(17-19-11-12-20(29)15-23(19)30)27(34)18-33(40(4,36)37)25-16-22(38-2)13-14-26(25)39-3/h11-16,21,24H,5-10,17-18H2,1-4H3,(H,31,35). The van der Waals surface area contributed by atoms with Crippen LogP contribution in [0.1, 0.15) is 51.0 Å². The van der Waals surface area contributed by atoms with Gasteiger partial charge in [0.25, 0.3) is 0 Å². The van der Waals surface area contributed by atoms with Gasteiger partial charge in [-0.2, -0.15) is 0 Å². The second kappa shape index (κ2) is 14.3. The number of carbonyl (C=O) groups excluding carboxylic acids is 2. The van der Waals surface area contributed by atoms with E-state index in [4.69, 9.17) is 32.7 Å². The van der Waals surface area contributed by atoms with Crippen molar-refractivity contribution in [3.8, 4) is 11.5 Å². The molecule has 9 nitrogen and oxygen atoms in total. The van der Waals surface area contributed by atoms with E-state index in [1.165, 1.54) is 25.2 Å². The van der Waals surface area contributed by atoms with Crippen molar-refractivity contribution in [1.29, 1.82) is 0 Å². The zero-order chi connectivity index (χ0) is 29.4. The van der Waals surface area contributed by atoms with Gasteiger partial charge in [0.15, 0.2) is 0 Å². The van der Waals surface area contributed by atoms with Gasteiger partial charge in [0.2, 0.25) is 21.8 Å². The van der Waals surface area contributed by atoms with E-state index in [0.717, 1.165) is 42.7 Å². The van der Waals surface area contributed by atoms with Crippen molar-refractivity contribution >= 4 is 50.7 Å². The Hall–Kier alpha value is -2.69. The fraction of sp³-hybridized carbons (Fsp3) is 0.500. The van der Waals surface area contributed by atoms with Crippen molar-refractivity contribution in [3.05, 3.63) is 52.0 Å². The first kappa shape index (κ1) is 31.8. The maximum atomic E-state index is 14.0. The number of methoxy groups -OCH3 is 2. The maximum Gasteiger partial charge on any atom is 0.244 e. The Bertz CT molecular complexity index is 1300. The molecule has 1 aliphatic rings. The Morgan fingerprint density at radius 1 is 1.05 bits per heavy atom. The fourth-order valence-corrected chi connectivity index (χ4v) is 6.20. The van der Waals surface area contributed by atoms with E-state index in [0.29, 0.717) is 27.8 Å². The van der Waals surface area contributed by atoms with Crippen LogP contribution in [-0.2, 0) is 26.2 Å². The second-order valence-electron chi connectivity index (χ2n) is 9.83. The van der Waals surface area contributed by atoms with Crippen LogP contribution in [0, 0.1) is 0 Å². The minimum Gasteiger partial charge on any atom is -0.497 e. The minimum atomic E-state index is -3.96. The molecule has 0 bridgehead atoms. The van der Waals surface area contributed by atoms with Crippen LogP contribution in [0.25, 0.3) is 0 Å². The Morgan fingerprint density at radius 2 is 1.75 bits per heavy atom. The first-order valence-corrected chi connectivity index (χ1v) is 15.8. The van der Waals surface area contributed by atoms with Crippen molar-refractivity contribution in [3.63, 3.8) is 0 Å². The molecule has 2 aromatic carbocycles. The SMILES string of the molecule is CCC(C(=O)NC1CCCCC1)N(Cc1ccc(Cl)cc1Cl)C(=O)CN(c1cc(OC)ccc1OC)S(C)(=O)=O. The summed E-state index contributed by atoms with van der Waals surface area (Å²) in [5.41, 5.74) is 0.718. The number of hydrogen-bond acceptors (Lipinski definition) is 6. The highest BCUT2D eigenvalue weighted by Gasteiger charge is 2.34. The first-order valence-electron chi connectivity index (χ1n) is 13.2. The summed E-state index contributed by atoms with van der Waals surface area (Å²) in [5.74, 6) is -0.224. The molecule has 0 aliphatic heterocycles. The van der Waals surface area contributed by atoms with E-state index in [1.807, 2.05) is 6.92 Å². The molecule has 12 heteroatoms. The molecule has 1 atom stereocenters. The monoisotopic (exact) mass is 613 g/mol. The minimum absolute atomic E-state index is 0.0156. The Morgan fingerprint density at radius 3 is 2.33 bits per heavy atom. The summed E-state index contributed by atoms with van der Waals surface area (Å²) in [5, 5.41) is 3.88. The number of rotatable bonds is 12. The van der Waals surface area contributed by atoms with Crippen LogP contribution in [0.15, 0.2) is 36.4 Å². The number of amides is 2. The van der Waals surface area contributed by atoms with Gasteiger partial charge in [0, 0.05) is 28.7 Å². The number of sulfonamides is 1. The zero-order valence-corrected chi connectivity index (χ0v) is 25.6. The molecule has 0 spiro atoms. The number of ether oxygens (including phenoxy) is 2. The quantitative estimate of drug-likeness (QED) is 0.360. The third-order valence-corrected chi connectivity index (χ3v) is 8.74. The molecule has 0 aromatic heterocycles. The van der Waals surface area contributed by atoms with Crippen LogP contribution in [0.5, 0.6) is 11.5 Å². The lowest BCUT2D eigenvalue weighted by Crippen LogP contribution is -2.54. The van der Waals surface area contributed by atoms with Gasteiger partial charge in [-0.05, 0) is 49.1 Å². The van der Waals surface area contributed by atoms with Crippen LogP contribution >= 0.6 is 23.2 Å². The highest BCUT2D eigenvalue weighted by atomic mass is 35.5. The Kier molecular flexibility index (Phi) is 11.4. The van der Waals surface area contributed by atoms with Gasteiger partial charge in [-0.25, -0.2) is 8.42 Å². The van der Waals surface area contributed by atoms with E-state index in [2.05, 4.69) is 5.32 Å². The van der Waals surface area contributed by atoms with Crippen molar-refractivity contribution in [2.24, 2.45) is 0 Å². The van der Waals surface area contributed by atoms with Gasteiger partial charge in [0.05, 0.1) is 26.2 Å². The van der Waals surface area contributed by atoms with Gasteiger partial charge in [-0.15, -0.1) is 0 Å². The molecule has 0 saturated heterocycles. The van der Waals surface area contributed by atoms with E-state index < -0.39 is 28.5 Å². The van der Waals surface area contributed by atoms with E-state index in [-0.39, 0.29) is 29.9 Å². The first-order chi connectivity index (χ1) is 19.0. The molecule has 1 fully saturated rings. The molecule has 1 aliphatic carbocycles. The maximum absolute atomic E-state index is 14.0. The van der Waals surface area contributed by atoms with Crippen LogP contribution in [0.2, 0.25) is 10.0 Å². The molecule has 2 amide bonds. The molecule has 0 radical (unpaired) electrons. The molecule has 2 aromatic rings. The number of nitrogens with zero attached hydrogens (tertiary/aromatic N) is 2. The number of anilines is 1. The van der Waals surface area contributed by atoms with E-state index >= 15 is 0 Å². The zero-order valence-electron chi connectivity index (χ0n) is 23.3. The van der Waals surface area contributed by atoms with Crippen molar-refractivity contribution in [2.75, 3.05) is 31.3 Å². The lowest BCUT2D eigenvalue weighted by molar-refractivity contribution is -0.140. The van der Waals surface area contributed by atoms with Crippen molar-refractivity contribution in [1.82, 2.24) is 10.2 Å². The van der Waals surface area contributed by atoms with Gasteiger partial charge in [0.1, 0.15) is 24.1 Å².